The van der Waals surface area contributed by atoms with Crippen LogP contribution in [-0.2, 0) is 32.6 Å². The Morgan fingerprint density at radius 3 is 2.18 bits per heavy atom. The molecule has 0 unspecified atom stereocenters. The van der Waals surface area contributed by atoms with Crippen molar-refractivity contribution in [1.82, 2.24) is 10.2 Å². The number of carbonyl (C=O) groups excluding carboxylic acids is 2. The minimum Gasteiger partial charge on any atom is -0.495 e. The van der Waals surface area contributed by atoms with E-state index < -0.39 is 28.5 Å². The third kappa shape index (κ3) is 8.57. The molecule has 4 aromatic rings. The summed E-state index contributed by atoms with van der Waals surface area (Å²) in [6.45, 7) is 1.66. The molecule has 0 bridgehead atoms. The smallest absolute Gasteiger partial charge is 0.264 e. The van der Waals surface area contributed by atoms with E-state index in [0.717, 1.165) is 9.87 Å². The van der Waals surface area contributed by atoms with Gasteiger partial charge in [0.1, 0.15) is 18.3 Å². The second-order valence-electron chi connectivity index (χ2n) is 10.3. The number of carbonyl (C=O) groups is 2. The number of hydrogen-bond acceptors (Lipinski definition) is 5. The first kappa shape index (κ1) is 33.8. The molecule has 236 valence electrons. The number of methoxy groups -OCH3 is 1. The Labute approximate surface area is 274 Å². The Hall–Kier alpha value is -4.05. The summed E-state index contributed by atoms with van der Waals surface area (Å²) in [6.07, 6.45) is 0.887. The number of nitrogens with one attached hydrogen (secondary N) is 1. The molecule has 4 aromatic carbocycles. The zero-order chi connectivity index (χ0) is 32.4. The van der Waals surface area contributed by atoms with Crippen LogP contribution < -0.4 is 14.4 Å². The number of hydrogen-bond donors (Lipinski definition) is 1. The maximum atomic E-state index is 14.5. The minimum absolute atomic E-state index is 0.0287. The summed E-state index contributed by atoms with van der Waals surface area (Å²) in [5.41, 5.74) is 1.51. The van der Waals surface area contributed by atoms with Crippen LogP contribution in [-0.4, -0.2) is 51.4 Å². The molecule has 0 fully saturated rings. The normalized spacial score (nSPS) is 11.8. The van der Waals surface area contributed by atoms with Gasteiger partial charge in [-0.05, 0) is 53.9 Å². The van der Waals surface area contributed by atoms with Crippen LogP contribution in [0.15, 0.2) is 108 Å². The molecule has 8 nitrogen and oxygen atoms in total. The van der Waals surface area contributed by atoms with E-state index in [9.17, 15) is 18.0 Å². The van der Waals surface area contributed by atoms with Gasteiger partial charge in [0.05, 0.1) is 17.7 Å². The number of halogens is 2. The molecule has 0 heterocycles. The van der Waals surface area contributed by atoms with Crippen molar-refractivity contribution in [2.75, 3.05) is 24.5 Å². The van der Waals surface area contributed by atoms with Gasteiger partial charge in [-0.1, -0.05) is 96.9 Å². The Bertz CT molecular complexity index is 1710. The summed E-state index contributed by atoms with van der Waals surface area (Å²) >= 11 is 12.9. The van der Waals surface area contributed by atoms with Gasteiger partial charge in [0, 0.05) is 29.6 Å². The number of sulfonamides is 1. The molecule has 1 atom stereocenters. The van der Waals surface area contributed by atoms with Crippen LogP contribution in [0.25, 0.3) is 0 Å². The lowest BCUT2D eigenvalue weighted by Crippen LogP contribution is -2.53. The Kier molecular flexibility index (Phi) is 11.9. The molecule has 0 aliphatic carbocycles. The van der Waals surface area contributed by atoms with Gasteiger partial charge in [-0.2, -0.15) is 0 Å². The molecular formula is C34H35Cl2N3O5S. The molecule has 1 N–H and O–H groups in total. The maximum absolute atomic E-state index is 14.5. The fraction of sp³-hybridized carbons (Fsp3) is 0.235. The average molecular weight is 669 g/mol. The number of nitrogens with zero attached hydrogens (tertiary/aromatic N) is 2. The van der Waals surface area contributed by atoms with E-state index in [2.05, 4.69) is 5.32 Å². The third-order valence-electron chi connectivity index (χ3n) is 7.14. The highest BCUT2D eigenvalue weighted by Gasteiger charge is 2.35. The Balaban J connectivity index is 1.85. The fourth-order valence-corrected chi connectivity index (χ4v) is 6.62. The van der Waals surface area contributed by atoms with Crippen LogP contribution >= 0.6 is 23.2 Å². The first-order valence-corrected chi connectivity index (χ1v) is 16.6. The van der Waals surface area contributed by atoms with E-state index in [1.807, 2.05) is 37.3 Å². The highest BCUT2D eigenvalue weighted by atomic mass is 35.5. The largest absolute Gasteiger partial charge is 0.495 e. The lowest BCUT2D eigenvalue weighted by atomic mass is 10.0. The maximum Gasteiger partial charge on any atom is 0.264 e. The molecule has 0 saturated heterocycles. The SMILES string of the molecule is CCCNC(=O)[C@H](Cc1ccccc1)N(Cc1ccccc1Cl)C(=O)CN(c1cc(Cl)ccc1OC)S(=O)(=O)c1ccccc1. The quantitative estimate of drug-likeness (QED) is 0.169. The van der Waals surface area contributed by atoms with Gasteiger partial charge in [0.25, 0.3) is 10.0 Å². The predicted octanol–water partition coefficient (Wildman–Crippen LogP) is 6.36. The summed E-state index contributed by atoms with van der Waals surface area (Å²) < 4.78 is 34.8. The van der Waals surface area contributed by atoms with E-state index in [4.69, 9.17) is 27.9 Å². The summed E-state index contributed by atoms with van der Waals surface area (Å²) in [7, 11) is -2.91. The van der Waals surface area contributed by atoms with Crippen molar-refractivity contribution in [3.63, 3.8) is 0 Å². The molecule has 0 radical (unpaired) electrons. The highest BCUT2D eigenvalue weighted by Crippen LogP contribution is 2.35. The van der Waals surface area contributed by atoms with Gasteiger partial charge < -0.3 is 15.0 Å². The summed E-state index contributed by atoms with van der Waals surface area (Å²) in [5, 5.41) is 3.58. The number of rotatable bonds is 14. The van der Waals surface area contributed by atoms with Gasteiger partial charge >= 0.3 is 0 Å². The van der Waals surface area contributed by atoms with E-state index >= 15 is 0 Å². The van der Waals surface area contributed by atoms with Crippen LogP contribution in [0.5, 0.6) is 5.75 Å². The number of benzene rings is 4. The van der Waals surface area contributed by atoms with Gasteiger partial charge in [0.15, 0.2) is 0 Å². The van der Waals surface area contributed by atoms with Crippen LogP contribution in [0.3, 0.4) is 0 Å². The molecule has 11 heteroatoms. The van der Waals surface area contributed by atoms with E-state index in [0.29, 0.717) is 23.6 Å². The van der Waals surface area contributed by atoms with E-state index in [1.54, 1.807) is 48.5 Å². The van der Waals surface area contributed by atoms with E-state index in [1.165, 1.54) is 36.3 Å². The van der Waals surface area contributed by atoms with Crippen molar-refractivity contribution in [1.29, 1.82) is 0 Å². The zero-order valence-corrected chi connectivity index (χ0v) is 27.4. The molecule has 2 amide bonds. The molecule has 45 heavy (non-hydrogen) atoms. The number of anilines is 1. The minimum atomic E-state index is -4.31. The fourth-order valence-electron chi connectivity index (χ4n) is 4.82. The first-order chi connectivity index (χ1) is 21.6. The highest BCUT2D eigenvalue weighted by molar-refractivity contribution is 7.92. The van der Waals surface area contributed by atoms with Crippen molar-refractivity contribution in [3.05, 3.63) is 124 Å². The van der Waals surface area contributed by atoms with Gasteiger partial charge in [-0.25, -0.2) is 8.42 Å². The Morgan fingerprint density at radius 1 is 0.889 bits per heavy atom. The van der Waals surface area contributed by atoms with Gasteiger partial charge in [-0.15, -0.1) is 0 Å². The van der Waals surface area contributed by atoms with Crippen LogP contribution in [0, 0.1) is 0 Å². The second-order valence-corrected chi connectivity index (χ2v) is 13.0. The predicted molar refractivity (Wildman–Crippen MR) is 178 cm³/mol. The van der Waals surface area contributed by atoms with E-state index in [-0.39, 0.29) is 40.2 Å². The monoisotopic (exact) mass is 667 g/mol. The van der Waals surface area contributed by atoms with Crippen molar-refractivity contribution >= 4 is 50.7 Å². The lowest BCUT2D eigenvalue weighted by Gasteiger charge is -2.34. The molecule has 0 aromatic heterocycles. The van der Waals surface area contributed by atoms with Crippen molar-refractivity contribution in [3.8, 4) is 5.75 Å². The van der Waals surface area contributed by atoms with Crippen molar-refractivity contribution in [2.24, 2.45) is 0 Å². The topological polar surface area (TPSA) is 96.0 Å². The van der Waals surface area contributed by atoms with Crippen LogP contribution in [0.2, 0.25) is 10.0 Å². The first-order valence-electron chi connectivity index (χ1n) is 14.4. The second kappa shape index (κ2) is 15.8. The standard InChI is InChI=1S/C34H35Cl2N3O5S/c1-3-20-37-34(41)31(21-25-12-6-4-7-13-25)38(23-26-14-10-11-17-29(26)36)33(40)24-39(30-22-27(35)18-19-32(30)44-2)45(42,43)28-15-8-5-9-16-28/h4-19,22,31H,3,20-21,23-24H2,1-2H3,(H,37,41)/t31-/m0/s1. The molecule has 4 rings (SSSR count). The molecular weight excluding hydrogens is 633 g/mol. The third-order valence-corrected chi connectivity index (χ3v) is 9.52. The van der Waals surface area contributed by atoms with Crippen LogP contribution in [0.1, 0.15) is 24.5 Å². The molecule has 0 aliphatic rings. The number of ether oxygens (including phenoxy) is 1. The number of amides is 2. The Morgan fingerprint density at radius 2 is 1.53 bits per heavy atom. The van der Waals surface area contributed by atoms with Crippen molar-refractivity contribution < 1.29 is 22.7 Å². The van der Waals surface area contributed by atoms with Crippen molar-refractivity contribution in [2.45, 2.75) is 37.2 Å². The lowest BCUT2D eigenvalue weighted by molar-refractivity contribution is -0.140. The molecule has 0 saturated carbocycles. The summed E-state index contributed by atoms with van der Waals surface area (Å²) in [4.78, 5) is 29.6. The summed E-state index contributed by atoms with van der Waals surface area (Å²) in [6, 6.07) is 27.7. The average Bonchev–Trinajstić information content (AvgIpc) is 3.05. The summed E-state index contributed by atoms with van der Waals surface area (Å²) in [5.74, 6) is -0.783. The zero-order valence-electron chi connectivity index (χ0n) is 25.0. The van der Waals surface area contributed by atoms with Gasteiger partial charge in [-0.3, -0.25) is 13.9 Å². The molecule has 0 spiro atoms. The van der Waals surface area contributed by atoms with Crippen LogP contribution in [0.4, 0.5) is 5.69 Å². The molecule has 0 aliphatic heterocycles. The van der Waals surface area contributed by atoms with Gasteiger partial charge in [0.2, 0.25) is 11.8 Å².